The lowest BCUT2D eigenvalue weighted by molar-refractivity contribution is -0.133. The van der Waals surface area contributed by atoms with Crippen LogP contribution < -0.4 is 15.8 Å². The zero-order valence-electron chi connectivity index (χ0n) is 17.3. The summed E-state index contributed by atoms with van der Waals surface area (Å²) in [6.45, 7) is 9.47. The van der Waals surface area contributed by atoms with Gasteiger partial charge in [0.25, 0.3) is 0 Å². The van der Waals surface area contributed by atoms with E-state index in [2.05, 4.69) is 60.8 Å². The van der Waals surface area contributed by atoms with Gasteiger partial charge in [-0.15, -0.1) is 0 Å². The van der Waals surface area contributed by atoms with Crippen LogP contribution in [-0.2, 0) is 4.79 Å². The number of carbonyl (C=O) groups is 1. The van der Waals surface area contributed by atoms with Crippen LogP contribution in [0.4, 0.5) is 5.69 Å². The molecule has 2 saturated heterocycles. The number of hydrogen-bond acceptors (Lipinski definition) is 4. The van der Waals surface area contributed by atoms with Crippen LogP contribution in [0.15, 0.2) is 36.4 Å². The topological polar surface area (TPSA) is 47.6 Å². The van der Waals surface area contributed by atoms with E-state index in [1.165, 1.54) is 27.9 Å². The Balaban J connectivity index is 1.35. The van der Waals surface area contributed by atoms with E-state index in [-0.39, 0.29) is 18.0 Å². The molecule has 154 valence electrons. The molecule has 2 atom stereocenters. The Morgan fingerprint density at radius 3 is 2.38 bits per heavy atom. The highest BCUT2D eigenvalue weighted by Crippen LogP contribution is 2.27. The molecule has 0 radical (unpaired) electrons. The van der Waals surface area contributed by atoms with Crippen LogP contribution >= 0.6 is 11.6 Å². The molecule has 4 rings (SSSR count). The maximum Gasteiger partial charge on any atom is 0.241 e. The lowest BCUT2D eigenvalue weighted by Gasteiger charge is -2.37. The van der Waals surface area contributed by atoms with E-state index in [1.807, 2.05) is 17.0 Å². The average Bonchev–Trinajstić information content (AvgIpc) is 3.22. The highest BCUT2D eigenvalue weighted by Gasteiger charge is 2.34. The van der Waals surface area contributed by atoms with E-state index in [4.69, 9.17) is 11.6 Å². The molecule has 0 aromatic heterocycles. The average molecular weight is 413 g/mol. The number of amides is 1. The van der Waals surface area contributed by atoms with Gasteiger partial charge < -0.3 is 9.80 Å². The minimum absolute atomic E-state index is 0.165. The van der Waals surface area contributed by atoms with Gasteiger partial charge in [-0.25, -0.2) is 10.9 Å². The third-order valence-electron chi connectivity index (χ3n) is 6.24. The summed E-state index contributed by atoms with van der Waals surface area (Å²) in [7, 11) is 0. The van der Waals surface area contributed by atoms with Gasteiger partial charge in [0.1, 0.15) is 6.04 Å². The molecule has 0 aliphatic carbocycles. The predicted octanol–water partition coefficient (Wildman–Crippen LogP) is 3.52. The number of piperazine rings is 1. The molecule has 6 heteroatoms. The van der Waals surface area contributed by atoms with Crippen molar-refractivity contribution in [1.29, 1.82) is 0 Å². The maximum absolute atomic E-state index is 13.0. The van der Waals surface area contributed by atoms with Crippen molar-refractivity contribution in [2.75, 3.05) is 31.1 Å². The third kappa shape index (κ3) is 4.27. The van der Waals surface area contributed by atoms with E-state index < -0.39 is 0 Å². The molecule has 0 bridgehead atoms. The van der Waals surface area contributed by atoms with Gasteiger partial charge in [-0.2, -0.15) is 0 Å². The molecule has 2 aromatic carbocycles. The number of benzene rings is 2. The molecule has 2 aliphatic rings. The minimum Gasteiger partial charge on any atom is -0.368 e. The van der Waals surface area contributed by atoms with E-state index in [1.54, 1.807) is 0 Å². The summed E-state index contributed by atoms with van der Waals surface area (Å²) in [6, 6.07) is 12.5. The number of hydrazine groups is 1. The number of halogens is 1. The van der Waals surface area contributed by atoms with Crippen molar-refractivity contribution in [2.24, 2.45) is 0 Å². The van der Waals surface area contributed by atoms with Crippen LogP contribution in [0.3, 0.4) is 0 Å². The molecule has 2 N–H and O–H groups in total. The van der Waals surface area contributed by atoms with Crippen molar-refractivity contribution in [3.8, 4) is 0 Å². The third-order valence-corrected chi connectivity index (χ3v) is 6.47. The summed E-state index contributed by atoms with van der Waals surface area (Å²) in [4.78, 5) is 17.4. The van der Waals surface area contributed by atoms with Crippen molar-refractivity contribution in [2.45, 2.75) is 39.3 Å². The smallest absolute Gasteiger partial charge is 0.241 e. The second kappa shape index (κ2) is 8.34. The molecule has 2 aliphatic heterocycles. The quantitative estimate of drug-likeness (QED) is 0.809. The number of hydrogen-bond donors (Lipinski definition) is 2. The second-order valence-corrected chi connectivity index (χ2v) is 8.65. The largest absolute Gasteiger partial charge is 0.368 e. The van der Waals surface area contributed by atoms with Gasteiger partial charge >= 0.3 is 0 Å². The first-order valence-electron chi connectivity index (χ1n) is 10.3. The Morgan fingerprint density at radius 1 is 0.931 bits per heavy atom. The number of carbonyl (C=O) groups excluding carboxylic acids is 1. The molecular weight excluding hydrogens is 384 g/mol. The zero-order valence-corrected chi connectivity index (χ0v) is 18.1. The number of nitrogens with one attached hydrogen (secondary N) is 2. The predicted molar refractivity (Wildman–Crippen MR) is 118 cm³/mol. The first-order chi connectivity index (χ1) is 13.9. The van der Waals surface area contributed by atoms with E-state index in [9.17, 15) is 4.79 Å². The zero-order chi connectivity index (χ0) is 20.5. The van der Waals surface area contributed by atoms with Gasteiger partial charge in [-0.1, -0.05) is 35.9 Å². The second-order valence-electron chi connectivity index (χ2n) is 8.22. The van der Waals surface area contributed by atoms with Gasteiger partial charge in [0, 0.05) is 42.9 Å². The molecule has 5 nitrogen and oxygen atoms in total. The highest BCUT2D eigenvalue weighted by atomic mass is 35.5. The van der Waals surface area contributed by atoms with Crippen molar-refractivity contribution in [3.05, 3.63) is 63.7 Å². The van der Waals surface area contributed by atoms with Crippen LogP contribution in [0.2, 0.25) is 5.02 Å². The van der Waals surface area contributed by atoms with Gasteiger partial charge in [0.2, 0.25) is 5.91 Å². The molecule has 0 spiro atoms. The standard InChI is InChI=1S/C23H29ClN4O/c1-15-4-6-18(12-17(15)3)20-14-21(26-25-20)23(29)28-10-8-27(9-11-28)22-13-19(24)7-5-16(22)2/h4-7,12-13,20-21,25-26H,8-11,14H2,1-3H3. The van der Waals surface area contributed by atoms with Crippen molar-refractivity contribution in [1.82, 2.24) is 15.8 Å². The SMILES string of the molecule is Cc1ccc(C2CC(C(=O)N3CCN(c4cc(Cl)ccc4C)CC3)NN2)cc1C. The number of anilines is 1. The van der Waals surface area contributed by atoms with E-state index >= 15 is 0 Å². The van der Waals surface area contributed by atoms with Crippen LogP contribution in [0, 0.1) is 20.8 Å². The fourth-order valence-electron chi connectivity index (χ4n) is 4.23. The molecule has 2 heterocycles. The minimum atomic E-state index is -0.180. The normalized spacial score (nSPS) is 22.2. The molecular formula is C23H29ClN4O. The first kappa shape index (κ1) is 20.2. The first-order valence-corrected chi connectivity index (χ1v) is 10.7. The molecule has 2 unspecified atom stereocenters. The van der Waals surface area contributed by atoms with Gasteiger partial charge in [0.15, 0.2) is 0 Å². The number of rotatable bonds is 3. The highest BCUT2D eigenvalue weighted by molar-refractivity contribution is 6.30. The summed E-state index contributed by atoms with van der Waals surface area (Å²) in [5.74, 6) is 0.186. The molecule has 1 amide bonds. The summed E-state index contributed by atoms with van der Waals surface area (Å²) >= 11 is 6.18. The Hall–Kier alpha value is -2.08. The van der Waals surface area contributed by atoms with Crippen LogP contribution in [0.5, 0.6) is 0 Å². The summed E-state index contributed by atoms with van der Waals surface area (Å²) in [6.07, 6.45) is 0.773. The fourth-order valence-corrected chi connectivity index (χ4v) is 4.40. The number of aryl methyl sites for hydroxylation is 3. The van der Waals surface area contributed by atoms with Crippen LogP contribution in [-0.4, -0.2) is 43.0 Å². The van der Waals surface area contributed by atoms with Crippen molar-refractivity contribution < 1.29 is 4.79 Å². The fraction of sp³-hybridized carbons (Fsp3) is 0.435. The molecule has 0 saturated carbocycles. The van der Waals surface area contributed by atoms with Gasteiger partial charge in [-0.3, -0.25) is 4.79 Å². The molecule has 2 fully saturated rings. The van der Waals surface area contributed by atoms with Crippen LogP contribution in [0.25, 0.3) is 0 Å². The summed E-state index contributed by atoms with van der Waals surface area (Å²) in [5, 5.41) is 0.753. The Labute approximate surface area is 178 Å². The van der Waals surface area contributed by atoms with E-state index in [0.717, 1.165) is 37.6 Å². The van der Waals surface area contributed by atoms with Gasteiger partial charge in [0.05, 0.1) is 0 Å². The lowest BCUT2D eigenvalue weighted by atomic mass is 9.98. The molecule has 29 heavy (non-hydrogen) atoms. The lowest BCUT2D eigenvalue weighted by Crippen LogP contribution is -2.53. The summed E-state index contributed by atoms with van der Waals surface area (Å²) < 4.78 is 0. The van der Waals surface area contributed by atoms with Crippen molar-refractivity contribution in [3.63, 3.8) is 0 Å². The Morgan fingerprint density at radius 2 is 1.66 bits per heavy atom. The maximum atomic E-state index is 13.0. The molecule has 2 aromatic rings. The summed E-state index contributed by atoms with van der Waals surface area (Å²) in [5.41, 5.74) is 12.7. The van der Waals surface area contributed by atoms with Crippen molar-refractivity contribution >= 4 is 23.2 Å². The van der Waals surface area contributed by atoms with Gasteiger partial charge in [-0.05, 0) is 61.6 Å². The monoisotopic (exact) mass is 412 g/mol. The Kier molecular flexibility index (Phi) is 5.81. The number of nitrogens with zero attached hydrogens (tertiary/aromatic N) is 2. The Bertz CT molecular complexity index is 908. The van der Waals surface area contributed by atoms with Crippen LogP contribution in [0.1, 0.15) is 34.7 Å². The van der Waals surface area contributed by atoms with E-state index in [0.29, 0.717) is 0 Å².